The first-order valence-electron chi connectivity index (χ1n) is 5.86. The van der Waals surface area contributed by atoms with E-state index in [1.165, 1.54) is 7.11 Å². The molecular weight excluding hydrogens is 204 g/mol. The fourth-order valence-corrected chi connectivity index (χ4v) is 2.24. The van der Waals surface area contributed by atoms with Crippen LogP contribution in [0.25, 0.3) is 0 Å². The summed E-state index contributed by atoms with van der Waals surface area (Å²) < 4.78 is 4.92. The van der Waals surface area contributed by atoms with E-state index in [-0.39, 0.29) is 17.4 Å². The van der Waals surface area contributed by atoms with Crippen LogP contribution in [0, 0.1) is 5.41 Å². The predicted molar refractivity (Wildman–Crippen MR) is 64.3 cm³/mol. The summed E-state index contributed by atoms with van der Waals surface area (Å²) in [5.41, 5.74) is -0.0804. The van der Waals surface area contributed by atoms with Gasteiger partial charge in [-0.2, -0.15) is 0 Å². The van der Waals surface area contributed by atoms with Crippen LogP contribution in [0.3, 0.4) is 0 Å². The monoisotopic (exact) mass is 228 g/mol. The Labute approximate surface area is 98.5 Å². The smallest absolute Gasteiger partial charge is 0.323 e. The van der Waals surface area contributed by atoms with Gasteiger partial charge in [-0.05, 0) is 12.5 Å². The molecule has 0 saturated carbocycles. The molecular formula is C12H24N2O2. The number of hydrogen-bond acceptors (Lipinski definition) is 4. The van der Waals surface area contributed by atoms with E-state index in [0.29, 0.717) is 0 Å². The standard InChI is InChI=1S/C12H24N2O2/c1-12(2,3)10(11(15)16-5)14-8-6-13(4)7-9-14/h10H,6-9H2,1-5H3. The zero-order chi connectivity index (χ0) is 12.3. The minimum absolute atomic E-state index is 0.0804. The van der Waals surface area contributed by atoms with Crippen LogP contribution in [0.2, 0.25) is 0 Å². The zero-order valence-corrected chi connectivity index (χ0v) is 11.1. The van der Waals surface area contributed by atoms with E-state index in [4.69, 9.17) is 4.74 Å². The summed E-state index contributed by atoms with van der Waals surface area (Å²) in [5.74, 6) is -0.114. The van der Waals surface area contributed by atoms with Crippen LogP contribution in [0.1, 0.15) is 20.8 Å². The molecule has 0 radical (unpaired) electrons. The molecule has 1 fully saturated rings. The first-order valence-corrected chi connectivity index (χ1v) is 5.86. The van der Waals surface area contributed by atoms with E-state index in [1.54, 1.807) is 0 Å². The average molecular weight is 228 g/mol. The van der Waals surface area contributed by atoms with Gasteiger partial charge < -0.3 is 9.64 Å². The third kappa shape index (κ3) is 3.19. The lowest BCUT2D eigenvalue weighted by molar-refractivity contribution is -0.152. The van der Waals surface area contributed by atoms with Crippen LogP contribution in [-0.2, 0) is 9.53 Å². The largest absolute Gasteiger partial charge is 0.468 e. The highest BCUT2D eigenvalue weighted by Gasteiger charge is 2.38. The van der Waals surface area contributed by atoms with Gasteiger partial charge in [0.1, 0.15) is 6.04 Å². The lowest BCUT2D eigenvalue weighted by atomic mass is 9.85. The number of ether oxygens (including phenoxy) is 1. The number of likely N-dealkylation sites (N-methyl/N-ethyl adjacent to an activating group) is 1. The van der Waals surface area contributed by atoms with E-state index < -0.39 is 0 Å². The van der Waals surface area contributed by atoms with E-state index in [9.17, 15) is 4.79 Å². The minimum Gasteiger partial charge on any atom is -0.468 e. The minimum atomic E-state index is -0.133. The Morgan fingerprint density at radius 1 is 1.19 bits per heavy atom. The number of rotatable bonds is 2. The summed E-state index contributed by atoms with van der Waals surface area (Å²) >= 11 is 0. The second-order valence-electron chi connectivity index (χ2n) is 5.63. The van der Waals surface area contributed by atoms with Gasteiger partial charge in [0.15, 0.2) is 0 Å². The Balaban J connectivity index is 2.74. The molecule has 0 aromatic carbocycles. The Bertz CT molecular complexity index is 240. The Morgan fingerprint density at radius 2 is 1.69 bits per heavy atom. The second-order valence-corrected chi connectivity index (χ2v) is 5.63. The lowest BCUT2D eigenvalue weighted by Crippen LogP contribution is -2.56. The van der Waals surface area contributed by atoms with Gasteiger partial charge >= 0.3 is 5.97 Å². The predicted octanol–water partition coefficient (Wildman–Crippen LogP) is 0.821. The molecule has 0 bridgehead atoms. The van der Waals surface area contributed by atoms with E-state index in [2.05, 4.69) is 37.6 Å². The molecule has 0 spiro atoms. The van der Waals surface area contributed by atoms with Crippen molar-refractivity contribution in [3.8, 4) is 0 Å². The van der Waals surface area contributed by atoms with Crippen molar-refractivity contribution in [2.24, 2.45) is 5.41 Å². The maximum Gasteiger partial charge on any atom is 0.323 e. The maximum atomic E-state index is 11.9. The van der Waals surface area contributed by atoms with Crippen molar-refractivity contribution in [3.63, 3.8) is 0 Å². The van der Waals surface area contributed by atoms with Crippen LogP contribution in [0.4, 0.5) is 0 Å². The molecule has 1 atom stereocenters. The summed E-state index contributed by atoms with van der Waals surface area (Å²) in [5, 5.41) is 0. The van der Waals surface area contributed by atoms with Gasteiger partial charge in [0.2, 0.25) is 0 Å². The van der Waals surface area contributed by atoms with Crippen molar-refractivity contribution in [1.82, 2.24) is 9.80 Å². The van der Waals surface area contributed by atoms with E-state index in [0.717, 1.165) is 26.2 Å². The molecule has 0 aliphatic carbocycles. The number of methoxy groups -OCH3 is 1. The lowest BCUT2D eigenvalue weighted by Gasteiger charge is -2.42. The molecule has 0 aromatic rings. The Hall–Kier alpha value is -0.610. The summed E-state index contributed by atoms with van der Waals surface area (Å²) in [6.07, 6.45) is 0. The molecule has 1 heterocycles. The van der Waals surface area contributed by atoms with Crippen molar-refractivity contribution < 1.29 is 9.53 Å². The highest BCUT2D eigenvalue weighted by molar-refractivity contribution is 5.76. The van der Waals surface area contributed by atoms with Gasteiger partial charge in [0, 0.05) is 26.2 Å². The molecule has 4 nitrogen and oxygen atoms in total. The summed E-state index contributed by atoms with van der Waals surface area (Å²) in [4.78, 5) is 16.4. The molecule has 1 aliphatic heterocycles. The number of piperazine rings is 1. The highest BCUT2D eigenvalue weighted by atomic mass is 16.5. The van der Waals surface area contributed by atoms with Crippen molar-refractivity contribution >= 4 is 5.97 Å². The SMILES string of the molecule is COC(=O)C(N1CCN(C)CC1)C(C)(C)C. The number of hydrogen-bond donors (Lipinski definition) is 0. The molecule has 1 saturated heterocycles. The fourth-order valence-electron chi connectivity index (χ4n) is 2.24. The van der Waals surface area contributed by atoms with Crippen LogP contribution < -0.4 is 0 Å². The number of carbonyl (C=O) groups is 1. The van der Waals surface area contributed by atoms with Gasteiger partial charge in [-0.25, -0.2) is 0 Å². The van der Waals surface area contributed by atoms with Crippen molar-refractivity contribution in [3.05, 3.63) is 0 Å². The molecule has 0 aromatic heterocycles. The van der Waals surface area contributed by atoms with Crippen molar-refractivity contribution in [1.29, 1.82) is 0 Å². The van der Waals surface area contributed by atoms with E-state index in [1.807, 2.05) is 0 Å². The summed E-state index contributed by atoms with van der Waals surface area (Å²) in [6, 6.07) is -0.133. The Morgan fingerprint density at radius 3 is 2.06 bits per heavy atom. The fraction of sp³-hybridized carbons (Fsp3) is 0.917. The van der Waals surface area contributed by atoms with Crippen molar-refractivity contribution in [2.75, 3.05) is 40.3 Å². The number of nitrogens with zero attached hydrogens (tertiary/aromatic N) is 2. The van der Waals surface area contributed by atoms with Gasteiger partial charge in [0.05, 0.1) is 7.11 Å². The zero-order valence-electron chi connectivity index (χ0n) is 11.1. The number of esters is 1. The van der Waals surface area contributed by atoms with E-state index >= 15 is 0 Å². The first-order chi connectivity index (χ1) is 7.36. The van der Waals surface area contributed by atoms with Crippen LogP contribution in [0.15, 0.2) is 0 Å². The van der Waals surface area contributed by atoms with Crippen LogP contribution in [0.5, 0.6) is 0 Å². The second kappa shape index (κ2) is 5.15. The number of carbonyl (C=O) groups excluding carboxylic acids is 1. The first kappa shape index (κ1) is 13.5. The molecule has 1 aliphatic rings. The molecule has 0 amide bonds. The summed E-state index contributed by atoms with van der Waals surface area (Å²) in [6.45, 7) is 10.2. The molecule has 1 rings (SSSR count). The molecule has 94 valence electrons. The molecule has 1 unspecified atom stereocenters. The topological polar surface area (TPSA) is 32.8 Å². The van der Waals surface area contributed by atoms with Crippen molar-refractivity contribution in [2.45, 2.75) is 26.8 Å². The highest BCUT2D eigenvalue weighted by Crippen LogP contribution is 2.26. The molecule has 4 heteroatoms. The maximum absolute atomic E-state index is 11.9. The third-order valence-electron chi connectivity index (χ3n) is 3.15. The van der Waals surface area contributed by atoms with Gasteiger partial charge in [0.25, 0.3) is 0 Å². The normalized spacial score (nSPS) is 21.8. The van der Waals surface area contributed by atoms with Gasteiger partial charge in [-0.3, -0.25) is 9.69 Å². The van der Waals surface area contributed by atoms with Crippen LogP contribution >= 0.6 is 0 Å². The van der Waals surface area contributed by atoms with Crippen LogP contribution in [-0.4, -0.2) is 62.1 Å². The Kier molecular flexibility index (Phi) is 4.33. The molecule has 16 heavy (non-hydrogen) atoms. The quantitative estimate of drug-likeness (QED) is 0.655. The molecule has 0 N–H and O–H groups in total. The third-order valence-corrected chi connectivity index (χ3v) is 3.15. The summed E-state index contributed by atoms with van der Waals surface area (Å²) in [7, 11) is 3.58. The van der Waals surface area contributed by atoms with Gasteiger partial charge in [-0.15, -0.1) is 0 Å². The van der Waals surface area contributed by atoms with Gasteiger partial charge in [-0.1, -0.05) is 20.8 Å². The average Bonchev–Trinajstić information content (AvgIpc) is 2.19.